The Labute approximate surface area is 128 Å². The highest BCUT2D eigenvalue weighted by atomic mass is 16.6. The van der Waals surface area contributed by atoms with Gasteiger partial charge in [-0.25, -0.2) is 4.79 Å². The van der Waals surface area contributed by atoms with Gasteiger partial charge in [0, 0.05) is 5.56 Å². The monoisotopic (exact) mass is 305 g/mol. The van der Waals surface area contributed by atoms with Crippen LogP contribution in [0.15, 0.2) is 28.8 Å². The summed E-state index contributed by atoms with van der Waals surface area (Å²) in [6, 6.07) is 7.31. The second kappa shape index (κ2) is 6.46. The van der Waals surface area contributed by atoms with E-state index in [1.165, 1.54) is 0 Å². The lowest BCUT2D eigenvalue weighted by Crippen LogP contribution is -2.32. The molecule has 7 heteroatoms. The van der Waals surface area contributed by atoms with Crippen molar-refractivity contribution in [3.63, 3.8) is 0 Å². The summed E-state index contributed by atoms with van der Waals surface area (Å²) in [5.74, 6) is 1.43. The number of aromatic nitrogens is 2. The first-order valence-electron chi connectivity index (χ1n) is 6.81. The zero-order chi connectivity index (χ0) is 16.2. The molecule has 0 spiro atoms. The van der Waals surface area contributed by atoms with E-state index >= 15 is 0 Å². The van der Waals surface area contributed by atoms with Gasteiger partial charge in [-0.1, -0.05) is 17.3 Å². The Morgan fingerprint density at radius 2 is 2.14 bits per heavy atom. The largest absolute Gasteiger partial charge is 0.497 e. The maximum Gasteiger partial charge on any atom is 0.408 e. The van der Waals surface area contributed by atoms with Gasteiger partial charge >= 0.3 is 6.09 Å². The number of carbonyl (C=O) groups is 1. The van der Waals surface area contributed by atoms with Crippen LogP contribution < -0.4 is 10.1 Å². The number of alkyl carbamates (subject to hydrolysis) is 1. The van der Waals surface area contributed by atoms with Gasteiger partial charge in [-0.15, -0.1) is 0 Å². The summed E-state index contributed by atoms with van der Waals surface area (Å²) >= 11 is 0. The zero-order valence-corrected chi connectivity index (χ0v) is 13.0. The molecule has 0 fully saturated rings. The van der Waals surface area contributed by atoms with E-state index in [2.05, 4.69) is 15.5 Å². The lowest BCUT2D eigenvalue weighted by molar-refractivity contribution is 0.0518. The highest BCUT2D eigenvalue weighted by Crippen LogP contribution is 2.21. The van der Waals surface area contributed by atoms with Gasteiger partial charge in [-0.3, -0.25) is 0 Å². The van der Waals surface area contributed by atoms with E-state index in [0.717, 1.165) is 5.56 Å². The fraction of sp³-hybridized carbons (Fsp3) is 0.400. The predicted molar refractivity (Wildman–Crippen MR) is 79.4 cm³/mol. The first-order chi connectivity index (χ1) is 10.4. The Balaban J connectivity index is 1.98. The minimum Gasteiger partial charge on any atom is -0.497 e. The van der Waals surface area contributed by atoms with Crippen LogP contribution in [0.4, 0.5) is 4.79 Å². The second-order valence-corrected chi connectivity index (χ2v) is 5.60. The normalized spacial score (nSPS) is 11.1. The summed E-state index contributed by atoms with van der Waals surface area (Å²) in [7, 11) is 1.59. The topological polar surface area (TPSA) is 86.5 Å². The minimum atomic E-state index is -0.551. The molecule has 0 radical (unpaired) electrons. The molecule has 1 amide bonds. The first kappa shape index (κ1) is 15.8. The molecule has 2 rings (SSSR count). The van der Waals surface area contributed by atoms with Gasteiger partial charge in [0.2, 0.25) is 11.7 Å². The summed E-state index contributed by atoms with van der Waals surface area (Å²) in [5.41, 5.74) is 0.219. The van der Waals surface area contributed by atoms with Gasteiger partial charge in [0.25, 0.3) is 0 Å². The molecule has 0 aliphatic rings. The Morgan fingerprint density at radius 3 is 2.82 bits per heavy atom. The van der Waals surface area contributed by atoms with Crippen LogP contribution in [-0.4, -0.2) is 28.9 Å². The number of rotatable bonds is 4. The fourth-order valence-corrected chi connectivity index (χ4v) is 1.67. The molecule has 0 saturated carbocycles. The quantitative estimate of drug-likeness (QED) is 0.934. The van der Waals surface area contributed by atoms with Gasteiger partial charge < -0.3 is 19.3 Å². The van der Waals surface area contributed by atoms with Crippen LogP contribution in [0.5, 0.6) is 5.75 Å². The summed E-state index contributed by atoms with van der Waals surface area (Å²) in [5, 5.41) is 6.44. The molecule has 0 saturated heterocycles. The van der Waals surface area contributed by atoms with E-state index in [1.54, 1.807) is 33.9 Å². The number of nitrogens with one attached hydrogen (secondary N) is 1. The van der Waals surface area contributed by atoms with Gasteiger partial charge in [0.15, 0.2) is 0 Å². The highest BCUT2D eigenvalue weighted by Gasteiger charge is 2.17. The van der Waals surface area contributed by atoms with Crippen molar-refractivity contribution in [2.75, 3.05) is 7.11 Å². The molecule has 22 heavy (non-hydrogen) atoms. The number of benzene rings is 1. The molecule has 0 unspecified atom stereocenters. The molecule has 1 N–H and O–H groups in total. The first-order valence-corrected chi connectivity index (χ1v) is 6.81. The minimum absolute atomic E-state index is 0.103. The van der Waals surface area contributed by atoms with Gasteiger partial charge in [-0.2, -0.15) is 4.98 Å². The summed E-state index contributed by atoms with van der Waals surface area (Å²) < 4.78 is 15.4. The van der Waals surface area contributed by atoms with E-state index in [4.69, 9.17) is 14.0 Å². The van der Waals surface area contributed by atoms with Crippen molar-refractivity contribution < 1.29 is 18.8 Å². The average Bonchev–Trinajstić information content (AvgIpc) is 2.92. The number of methoxy groups -OCH3 is 1. The van der Waals surface area contributed by atoms with Crippen LogP contribution in [0.2, 0.25) is 0 Å². The van der Waals surface area contributed by atoms with Gasteiger partial charge in [0.05, 0.1) is 7.11 Å². The van der Waals surface area contributed by atoms with Crippen molar-refractivity contribution in [3.8, 4) is 17.1 Å². The third-order valence-electron chi connectivity index (χ3n) is 2.58. The Kier molecular flexibility index (Phi) is 4.65. The van der Waals surface area contributed by atoms with E-state index in [-0.39, 0.29) is 6.54 Å². The van der Waals surface area contributed by atoms with Crippen molar-refractivity contribution in [2.45, 2.75) is 32.9 Å². The highest BCUT2D eigenvalue weighted by molar-refractivity contribution is 5.67. The van der Waals surface area contributed by atoms with Crippen LogP contribution in [0.25, 0.3) is 11.4 Å². The summed E-state index contributed by atoms with van der Waals surface area (Å²) in [6.07, 6.45) is -0.534. The average molecular weight is 305 g/mol. The Hall–Kier alpha value is -2.57. The summed E-state index contributed by atoms with van der Waals surface area (Å²) in [4.78, 5) is 15.8. The number of hydrogen-bond donors (Lipinski definition) is 1. The maximum absolute atomic E-state index is 11.6. The van der Waals surface area contributed by atoms with Crippen molar-refractivity contribution in [1.29, 1.82) is 0 Å². The van der Waals surface area contributed by atoms with Crippen LogP contribution in [0, 0.1) is 0 Å². The predicted octanol–water partition coefficient (Wildman–Crippen LogP) is 2.77. The molecular weight excluding hydrogens is 286 g/mol. The van der Waals surface area contributed by atoms with Gasteiger partial charge in [-0.05, 0) is 32.9 Å². The van der Waals surface area contributed by atoms with Crippen LogP contribution in [0.1, 0.15) is 26.7 Å². The summed E-state index contributed by atoms with van der Waals surface area (Å²) in [6.45, 7) is 5.48. The molecule has 118 valence electrons. The number of nitrogens with zero attached hydrogens (tertiary/aromatic N) is 2. The van der Waals surface area contributed by atoms with Crippen molar-refractivity contribution >= 4 is 6.09 Å². The van der Waals surface area contributed by atoms with Crippen molar-refractivity contribution in [3.05, 3.63) is 30.2 Å². The third-order valence-corrected chi connectivity index (χ3v) is 2.58. The van der Waals surface area contributed by atoms with Crippen molar-refractivity contribution in [1.82, 2.24) is 15.5 Å². The molecule has 0 bridgehead atoms. The zero-order valence-electron chi connectivity index (χ0n) is 13.0. The standard InChI is InChI=1S/C15H19N3O4/c1-15(2,3)21-14(19)16-9-12-17-13(18-22-12)10-6-5-7-11(8-10)20-4/h5-8H,9H2,1-4H3,(H,16,19). The lowest BCUT2D eigenvalue weighted by Gasteiger charge is -2.19. The molecule has 7 nitrogen and oxygen atoms in total. The van der Waals surface area contributed by atoms with Gasteiger partial charge in [0.1, 0.15) is 17.9 Å². The number of ether oxygens (including phenoxy) is 2. The molecule has 0 atom stereocenters. The smallest absolute Gasteiger partial charge is 0.408 e. The molecule has 1 heterocycles. The second-order valence-electron chi connectivity index (χ2n) is 5.60. The third kappa shape index (κ3) is 4.47. The molecule has 1 aromatic heterocycles. The van der Waals surface area contributed by atoms with E-state index in [1.807, 2.05) is 18.2 Å². The van der Waals surface area contributed by atoms with E-state index in [9.17, 15) is 4.79 Å². The van der Waals surface area contributed by atoms with Crippen LogP contribution in [-0.2, 0) is 11.3 Å². The Morgan fingerprint density at radius 1 is 1.36 bits per heavy atom. The maximum atomic E-state index is 11.6. The molecular formula is C15H19N3O4. The molecule has 0 aliphatic heterocycles. The molecule has 1 aromatic carbocycles. The van der Waals surface area contributed by atoms with E-state index in [0.29, 0.717) is 17.5 Å². The van der Waals surface area contributed by atoms with Crippen molar-refractivity contribution in [2.24, 2.45) is 0 Å². The fourth-order valence-electron chi connectivity index (χ4n) is 1.67. The number of hydrogen-bond acceptors (Lipinski definition) is 6. The van der Waals surface area contributed by atoms with Crippen LogP contribution >= 0.6 is 0 Å². The van der Waals surface area contributed by atoms with E-state index < -0.39 is 11.7 Å². The molecule has 2 aromatic rings. The lowest BCUT2D eigenvalue weighted by atomic mass is 10.2. The number of carbonyl (C=O) groups excluding carboxylic acids is 1. The SMILES string of the molecule is COc1cccc(-c2noc(CNC(=O)OC(C)(C)C)n2)c1. The molecule has 0 aliphatic carbocycles. The number of amides is 1. The van der Waals surface area contributed by atoms with Crippen LogP contribution in [0.3, 0.4) is 0 Å². The Bertz CT molecular complexity index is 646.